The molecule has 4 nitrogen and oxygen atoms in total. The molecule has 2 atom stereocenters. The monoisotopic (exact) mass is 306 g/mol. The smallest absolute Gasteiger partial charge is 0.330 e. The van der Waals surface area contributed by atoms with Gasteiger partial charge in [-0.15, -0.1) is 0 Å². The van der Waals surface area contributed by atoms with Gasteiger partial charge in [-0.05, 0) is 50.5 Å². The van der Waals surface area contributed by atoms with E-state index < -0.39 is 0 Å². The van der Waals surface area contributed by atoms with Crippen LogP contribution in [0.3, 0.4) is 0 Å². The molecule has 0 aliphatic rings. The van der Waals surface area contributed by atoms with Gasteiger partial charge in [0.1, 0.15) is 0 Å². The molecule has 22 heavy (non-hydrogen) atoms. The normalized spacial score (nSPS) is 13.7. The second kappa shape index (κ2) is 9.13. The van der Waals surface area contributed by atoms with Gasteiger partial charge in [0.25, 0.3) is 0 Å². The lowest BCUT2D eigenvalue weighted by Gasteiger charge is -2.19. The molecule has 0 saturated heterocycles. The Morgan fingerprint density at radius 1 is 1.09 bits per heavy atom. The Balaban J connectivity index is 3.02. The predicted octanol–water partition coefficient (Wildman–Crippen LogP) is 4.23. The lowest BCUT2D eigenvalue weighted by Crippen LogP contribution is -2.14. The highest BCUT2D eigenvalue weighted by molar-refractivity contribution is 5.87. The summed E-state index contributed by atoms with van der Waals surface area (Å²) in [4.78, 5) is 11.2. The number of hydrogen-bond donors (Lipinski definition) is 0. The first-order chi connectivity index (χ1) is 10.5. The van der Waals surface area contributed by atoms with Gasteiger partial charge in [-0.2, -0.15) is 0 Å². The van der Waals surface area contributed by atoms with Gasteiger partial charge in [0, 0.05) is 6.08 Å². The van der Waals surface area contributed by atoms with Crippen molar-refractivity contribution < 1.29 is 19.0 Å². The summed E-state index contributed by atoms with van der Waals surface area (Å²) in [6.45, 7) is 8.19. The van der Waals surface area contributed by atoms with E-state index in [-0.39, 0.29) is 18.2 Å². The van der Waals surface area contributed by atoms with Crippen LogP contribution in [0.2, 0.25) is 0 Å². The lowest BCUT2D eigenvalue weighted by molar-refractivity contribution is -0.134. The molecule has 0 heterocycles. The van der Waals surface area contributed by atoms with Crippen molar-refractivity contribution in [2.24, 2.45) is 0 Å². The van der Waals surface area contributed by atoms with Gasteiger partial charge in [-0.3, -0.25) is 0 Å². The van der Waals surface area contributed by atoms with Gasteiger partial charge < -0.3 is 14.2 Å². The second-order valence-corrected chi connectivity index (χ2v) is 5.24. The SMILES string of the molecule is CCC(C)Oc1ccc(/C=C/C(=O)OC)cc1OC(C)CC. The minimum atomic E-state index is -0.385. The minimum Gasteiger partial charge on any atom is -0.487 e. The summed E-state index contributed by atoms with van der Waals surface area (Å²) in [5.74, 6) is 1.04. The number of benzene rings is 1. The van der Waals surface area contributed by atoms with Crippen LogP contribution in [0.1, 0.15) is 46.1 Å². The van der Waals surface area contributed by atoms with E-state index in [1.54, 1.807) is 6.08 Å². The van der Waals surface area contributed by atoms with E-state index >= 15 is 0 Å². The quantitative estimate of drug-likeness (QED) is 0.532. The van der Waals surface area contributed by atoms with Gasteiger partial charge in [0.2, 0.25) is 0 Å². The number of carbonyl (C=O) groups is 1. The first-order valence-electron chi connectivity index (χ1n) is 7.73. The molecule has 0 spiro atoms. The second-order valence-electron chi connectivity index (χ2n) is 5.24. The van der Waals surface area contributed by atoms with Crippen LogP contribution in [0.25, 0.3) is 6.08 Å². The number of esters is 1. The predicted molar refractivity (Wildman–Crippen MR) is 88.3 cm³/mol. The third-order valence-corrected chi connectivity index (χ3v) is 3.39. The summed E-state index contributed by atoms with van der Waals surface area (Å²) < 4.78 is 16.4. The fourth-order valence-corrected chi connectivity index (χ4v) is 1.65. The molecule has 0 saturated carbocycles. The van der Waals surface area contributed by atoms with Crippen LogP contribution in [-0.4, -0.2) is 25.3 Å². The molecule has 0 amide bonds. The van der Waals surface area contributed by atoms with Gasteiger partial charge >= 0.3 is 5.97 Å². The number of carbonyl (C=O) groups excluding carboxylic acids is 1. The zero-order chi connectivity index (χ0) is 16.5. The van der Waals surface area contributed by atoms with Gasteiger partial charge in [-0.25, -0.2) is 4.79 Å². The Morgan fingerprint density at radius 2 is 1.68 bits per heavy atom. The average molecular weight is 306 g/mol. The molecule has 2 unspecified atom stereocenters. The van der Waals surface area contributed by atoms with Crippen LogP contribution < -0.4 is 9.47 Å². The Morgan fingerprint density at radius 3 is 2.23 bits per heavy atom. The topological polar surface area (TPSA) is 44.8 Å². The zero-order valence-corrected chi connectivity index (χ0v) is 14.1. The van der Waals surface area contributed by atoms with Crippen LogP contribution in [0.5, 0.6) is 11.5 Å². The van der Waals surface area contributed by atoms with Crippen molar-refractivity contribution in [1.82, 2.24) is 0 Å². The van der Waals surface area contributed by atoms with Crippen molar-refractivity contribution in [2.45, 2.75) is 52.7 Å². The summed E-state index contributed by atoms with van der Waals surface area (Å²) in [5.41, 5.74) is 0.861. The first kappa shape index (κ1) is 18.1. The van der Waals surface area contributed by atoms with E-state index in [1.165, 1.54) is 13.2 Å². The highest BCUT2D eigenvalue weighted by Gasteiger charge is 2.11. The Kier molecular flexibility index (Phi) is 7.50. The minimum absolute atomic E-state index is 0.0964. The number of ether oxygens (including phenoxy) is 3. The number of methoxy groups -OCH3 is 1. The van der Waals surface area contributed by atoms with Crippen molar-refractivity contribution >= 4 is 12.0 Å². The summed E-state index contributed by atoms with van der Waals surface area (Å²) in [5, 5.41) is 0. The van der Waals surface area contributed by atoms with Gasteiger partial charge in [0.15, 0.2) is 11.5 Å². The van der Waals surface area contributed by atoms with Crippen LogP contribution in [0.15, 0.2) is 24.3 Å². The molecule has 0 bridgehead atoms. The fourth-order valence-electron chi connectivity index (χ4n) is 1.65. The molecular weight excluding hydrogens is 280 g/mol. The number of hydrogen-bond acceptors (Lipinski definition) is 4. The Hall–Kier alpha value is -1.97. The molecule has 4 heteroatoms. The summed E-state index contributed by atoms with van der Waals surface area (Å²) >= 11 is 0. The highest BCUT2D eigenvalue weighted by atomic mass is 16.5. The van der Waals surface area contributed by atoms with Crippen LogP contribution in [-0.2, 0) is 9.53 Å². The molecular formula is C18H26O4. The largest absolute Gasteiger partial charge is 0.487 e. The molecule has 1 aromatic carbocycles. The molecule has 0 radical (unpaired) electrons. The maximum absolute atomic E-state index is 11.2. The molecule has 122 valence electrons. The van der Waals surface area contributed by atoms with Gasteiger partial charge in [0.05, 0.1) is 19.3 Å². The van der Waals surface area contributed by atoms with Gasteiger partial charge in [-0.1, -0.05) is 19.9 Å². The lowest BCUT2D eigenvalue weighted by atomic mass is 10.1. The summed E-state index contributed by atoms with van der Waals surface area (Å²) in [7, 11) is 1.35. The molecule has 1 aromatic rings. The first-order valence-corrected chi connectivity index (χ1v) is 7.73. The maximum Gasteiger partial charge on any atom is 0.330 e. The standard InChI is InChI=1S/C18H26O4/c1-6-13(3)21-16-10-8-15(9-11-18(19)20-5)12-17(16)22-14(4)7-2/h8-14H,6-7H2,1-5H3/b11-9+. The molecule has 0 aliphatic carbocycles. The van der Waals surface area contributed by atoms with E-state index in [2.05, 4.69) is 18.6 Å². The summed E-state index contributed by atoms with van der Waals surface area (Å²) in [6.07, 6.45) is 5.13. The summed E-state index contributed by atoms with van der Waals surface area (Å²) in [6, 6.07) is 5.64. The Labute approximate surface area is 133 Å². The molecule has 1 rings (SSSR count). The third-order valence-electron chi connectivity index (χ3n) is 3.39. The maximum atomic E-state index is 11.2. The van der Waals surface area contributed by atoms with Crippen molar-refractivity contribution in [3.8, 4) is 11.5 Å². The fraction of sp³-hybridized carbons (Fsp3) is 0.500. The molecule has 0 aliphatic heterocycles. The van der Waals surface area contributed by atoms with E-state index in [9.17, 15) is 4.79 Å². The van der Waals surface area contributed by atoms with E-state index in [4.69, 9.17) is 9.47 Å². The average Bonchev–Trinajstić information content (AvgIpc) is 2.54. The van der Waals surface area contributed by atoms with E-state index in [0.717, 1.165) is 24.2 Å². The van der Waals surface area contributed by atoms with Crippen LogP contribution in [0, 0.1) is 0 Å². The molecule has 0 fully saturated rings. The highest BCUT2D eigenvalue weighted by Crippen LogP contribution is 2.31. The van der Waals surface area contributed by atoms with Crippen molar-refractivity contribution in [2.75, 3.05) is 7.11 Å². The van der Waals surface area contributed by atoms with E-state index in [0.29, 0.717) is 5.75 Å². The molecule has 0 N–H and O–H groups in total. The molecule has 0 aromatic heterocycles. The van der Waals surface area contributed by atoms with Crippen molar-refractivity contribution in [1.29, 1.82) is 0 Å². The van der Waals surface area contributed by atoms with Crippen molar-refractivity contribution in [3.63, 3.8) is 0 Å². The number of rotatable bonds is 8. The van der Waals surface area contributed by atoms with Crippen LogP contribution in [0.4, 0.5) is 0 Å². The third kappa shape index (κ3) is 5.80. The Bertz CT molecular complexity index is 508. The zero-order valence-electron chi connectivity index (χ0n) is 14.1. The van der Waals surface area contributed by atoms with Crippen molar-refractivity contribution in [3.05, 3.63) is 29.8 Å². The van der Waals surface area contributed by atoms with Crippen LogP contribution >= 0.6 is 0 Å². The van der Waals surface area contributed by atoms with E-state index in [1.807, 2.05) is 32.0 Å².